The number of nitrogens with zero attached hydrogens (tertiary/aromatic N) is 2. The minimum Gasteiger partial charge on any atom is -0.300 e. The van der Waals surface area contributed by atoms with Gasteiger partial charge in [0.2, 0.25) is 0 Å². The molecule has 3 aliphatic rings. The van der Waals surface area contributed by atoms with Crippen LogP contribution in [0.5, 0.6) is 0 Å². The van der Waals surface area contributed by atoms with E-state index < -0.39 is 0 Å². The number of rotatable bonds is 0. The largest absolute Gasteiger partial charge is 0.300 e. The van der Waals surface area contributed by atoms with Gasteiger partial charge in [-0.15, -0.1) is 0 Å². The minimum atomic E-state index is 0.803. The number of hydrogen-bond acceptors (Lipinski definition) is 2. The van der Waals surface area contributed by atoms with E-state index in [1.807, 2.05) is 0 Å². The van der Waals surface area contributed by atoms with Gasteiger partial charge in [-0.25, -0.2) is 0 Å². The summed E-state index contributed by atoms with van der Waals surface area (Å²) in [5.41, 5.74) is 0. The molecule has 0 aromatic carbocycles. The maximum Gasteiger partial charge on any atom is 0.0350 e. The molecule has 10 heavy (non-hydrogen) atoms. The Morgan fingerprint density at radius 2 is 2.00 bits per heavy atom. The molecule has 1 atom stereocenters. The molecule has 3 saturated heterocycles. The van der Waals surface area contributed by atoms with Crippen LogP contribution < -0.4 is 0 Å². The fourth-order valence-electron chi connectivity index (χ4n) is 1.92. The highest BCUT2D eigenvalue weighted by Gasteiger charge is 2.34. The molecule has 2 nitrogen and oxygen atoms in total. The summed E-state index contributed by atoms with van der Waals surface area (Å²) in [5, 5.41) is 0. The van der Waals surface area contributed by atoms with Gasteiger partial charge in [0.05, 0.1) is 0 Å². The lowest BCUT2D eigenvalue weighted by molar-refractivity contribution is 0.0731. The van der Waals surface area contributed by atoms with Gasteiger partial charge in [-0.05, 0) is 26.9 Å². The minimum absolute atomic E-state index is 0.803. The first kappa shape index (κ1) is 6.62. The summed E-state index contributed by atoms with van der Waals surface area (Å²) in [4.78, 5) is 5.08. The summed E-state index contributed by atoms with van der Waals surface area (Å²) in [6.07, 6.45) is 1.35. The van der Waals surface area contributed by atoms with Crippen LogP contribution in [0.3, 0.4) is 0 Å². The van der Waals surface area contributed by atoms with Crippen molar-refractivity contribution in [3.8, 4) is 0 Å². The second-order valence-electron chi connectivity index (χ2n) is 3.72. The van der Waals surface area contributed by atoms with Crippen molar-refractivity contribution >= 4 is 0 Å². The van der Waals surface area contributed by atoms with Crippen molar-refractivity contribution in [3.05, 3.63) is 0 Å². The van der Waals surface area contributed by atoms with Crippen LogP contribution in [0.15, 0.2) is 0 Å². The highest BCUT2D eigenvalue weighted by molar-refractivity contribution is 4.92. The molecule has 0 aromatic heterocycles. The van der Waals surface area contributed by atoms with Gasteiger partial charge in [0.25, 0.3) is 0 Å². The lowest BCUT2D eigenvalue weighted by Gasteiger charge is -2.41. The first-order chi connectivity index (χ1) is 4.77. The van der Waals surface area contributed by atoms with Crippen LogP contribution in [-0.2, 0) is 0 Å². The first-order valence-electron chi connectivity index (χ1n) is 4.21. The Kier molecular flexibility index (Phi) is 1.46. The normalized spacial score (nSPS) is 48.0. The zero-order chi connectivity index (χ0) is 7.14. The van der Waals surface area contributed by atoms with Gasteiger partial charge in [0.1, 0.15) is 0 Å². The molecule has 58 valence electrons. The third-order valence-electron chi connectivity index (χ3n) is 3.07. The molecule has 0 saturated carbocycles. The van der Waals surface area contributed by atoms with E-state index >= 15 is 0 Å². The molecule has 3 rings (SSSR count). The van der Waals surface area contributed by atoms with Crippen LogP contribution in [0.25, 0.3) is 0 Å². The summed E-state index contributed by atoms with van der Waals surface area (Å²) < 4.78 is 0. The summed E-state index contributed by atoms with van der Waals surface area (Å²) >= 11 is 0. The molecule has 0 N–H and O–H groups in total. The predicted octanol–water partition coefficient (Wildman–Crippen LogP) is 0.395. The van der Waals surface area contributed by atoms with Crippen LogP contribution in [0.4, 0.5) is 0 Å². The van der Waals surface area contributed by atoms with Crippen molar-refractivity contribution in [1.29, 1.82) is 0 Å². The zero-order valence-electron chi connectivity index (χ0n) is 6.88. The monoisotopic (exact) mass is 140 g/mol. The molecule has 3 heterocycles. The van der Waals surface area contributed by atoms with Crippen molar-refractivity contribution in [2.45, 2.75) is 25.4 Å². The number of hydrogen-bond donors (Lipinski definition) is 0. The first-order valence-corrected chi connectivity index (χ1v) is 4.21. The molecule has 0 amide bonds. The van der Waals surface area contributed by atoms with Crippen molar-refractivity contribution in [3.63, 3.8) is 0 Å². The van der Waals surface area contributed by atoms with Gasteiger partial charge in [-0.2, -0.15) is 0 Å². The molecule has 3 aliphatic heterocycles. The van der Waals surface area contributed by atoms with Gasteiger partial charge in [0.15, 0.2) is 0 Å². The van der Waals surface area contributed by atoms with E-state index in [0.717, 1.165) is 12.1 Å². The van der Waals surface area contributed by atoms with Crippen LogP contribution >= 0.6 is 0 Å². The lowest BCUT2D eigenvalue weighted by Crippen LogP contribution is -2.56. The maximum absolute atomic E-state index is 2.55. The smallest absolute Gasteiger partial charge is 0.0350 e. The average molecular weight is 140 g/mol. The van der Waals surface area contributed by atoms with Gasteiger partial charge in [-0.1, -0.05) is 0 Å². The van der Waals surface area contributed by atoms with Crippen LogP contribution in [-0.4, -0.2) is 48.6 Å². The third kappa shape index (κ3) is 0.867. The topological polar surface area (TPSA) is 6.48 Å². The van der Waals surface area contributed by atoms with E-state index in [4.69, 9.17) is 0 Å². The van der Waals surface area contributed by atoms with E-state index in [1.54, 1.807) is 0 Å². The van der Waals surface area contributed by atoms with Crippen molar-refractivity contribution in [2.24, 2.45) is 0 Å². The molecule has 1 unspecified atom stereocenters. The maximum atomic E-state index is 2.55. The molecule has 2 heteroatoms. The van der Waals surface area contributed by atoms with E-state index in [0.29, 0.717) is 0 Å². The van der Waals surface area contributed by atoms with Gasteiger partial charge >= 0.3 is 0 Å². The quantitative estimate of drug-likeness (QED) is 0.480. The molecule has 0 aromatic rings. The third-order valence-corrected chi connectivity index (χ3v) is 3.07. The van der Waals surface area contributed by atoms with E-state index in [9.17, 15) is 0 Å². The summed E-state index contributed by atoms with van der Waals surface area (Å²) in [5.74, 6) is 0. The highest BCUT2D eigenvalue weighted by Crippen LogP contribution is 2.21. The second-order valence-corrected chi connectivity index (χ2v) is 3.72. The summed E-state index contributed by atoms with van der Waals surface area (Å²) in [7, 11) is 2.26. The zero-order valence-corrected chi connectivity index (χ0v) is 6.88. The Hall–Kier alpha value is -0.0800. The Morgan fingerprint density at radius 3 is 2.70 bits per heavy atom. The second kappa shape index (κ2) is 2.21. The predicted molar refractivity (Wildman–Crippen MR) is 42.1 cm³/mol. The van der Waals surface area contributed by atoms with E-state index in [-0.39, 0.29) is 0 Å². The van der Waals surface area contributed by atoms with Gasteiger partial charge in [0, 0.05) is 25.2 Å². The highest BCUT2D eigenvalue weighted by atomic mass is 15.3. The van der Waals surface area contributed by atoms with Crippen molar-refractivity contribution < 1.29 is 0 Å². The van der Waals surface area contributed by atoms with Crippen molar-refractivity contribution in [2.75, 3.05) is 26.7 Å². The molecular formula is C8H16N2. The SMILES string of the molecule is CC1CCN2CC(C2)N1C. The Labute approximate surface area is 62.8 Å². The number of likely N-dealkylation sites (N-methyl/N-ethyl adjacent to an activating group) is 1. The summed E-state index contributed by atoms with van der Waals surface area (Å²) in [6, 6.07) is 1.68. The standard InChI is InChI=1S/C8H16N2/c1-7-3-4-10-5-8(6-10)9(7)2/h7-8H,3-6H2,1-2H3. The molecule has 2 bridgehead atoms. The van der Waals surface area contributed by atoms with Crippen LogP contribution in [0.2, 0.25) is 0 Å². The van der Waals surface area contributed by atoms with E-state index in [2.05, 4.69) is 23.8 Å². The number of fused-ring (bicyclic) bond motifs is 3. The molecular weight excluding hydrogens is 124 g/mol. The summed E-state index contributed by atoms with van der Waals surface area (Å²) in [6.45, 7) is 6.30. The fraction of sp³-hybridized carbons (Fsp3) is 1.00. The van der Waals surface area contributed by atoms with Crippen LogP contribution in [0, 0.1) is 0 Å². The fourth-order valence-corrected chi connectivity index (χ4v) is 1.92. The Morgan fingerprint density at radius 1 is 1.30 bits per heavy atom. The molecule has 0 aliphatic carbocycles. The van der Waals surface area contributed by atoms with Gasteiger partial charge in [-0.3, -0.25) is 4.90 Å². The molecule has 0 radical (unpaired) electrons. The molecule has 0 spiro atoms. The van der Waals surface area contributed by atoms with E-state index in [1.165, 1.54) is 26.1 Å². The Bertz CT molecular complexity index is 124. The Balaban J connectivity index is 2.04. The lowest BCUT2D eigenvalue weighted by atomic mass is 10.1. The van der Waals surface area contributed by atoms with Crippen molar-refractivity contribution in [1.82, 2.24) is 9.80 Å². The van der Waals surface area contributed by atoms with Crippen LogP contribution in [0.1, 0.15) is 13.3 Å². The van der Waals surface area contributed by atoms with Gasteiger partial charge < -0.3 is 4.90 Å². The average Bonchev–Trinajstić information content (AvgIpc) is 1.98. The molecule has 3 fully saturated rings.